The maximum atomic E-state index is 14.7. The van der Waals surface area contributed by atoms with Gasteiger partial charge in [0.25, 0.3) is 11.8 Å². The summed E-state index contributed by atoms with van der Waals surface area (Å²) in [6, 6.07) is 13.1. The van der Waals surface area contributed by atoms with Crippen LogP contribution in [-0.2, 0) is 21.9 Å². The number of carbonyl (C=O) groups excluding carboxylic acids is 2. The number of fused-ring (bicyclic) bond motifs is 2. The number of anilines is 3. The van der Waals surface area contributed by atoms with Crippen LogP contribution in [0.25, 0.3) is 22.1 Å². The summed E-state index contributed by atoms with van der Waals surface area (Å²) in [6.45, 7) is 7.13. The Morgan fingerprint density at radius 3 is 1.60 bits per heavy atom. The minimum Gasteiger partial charge on any atom is -0.489 e. The lowest BCUT2D eigenvalue weighted by atomic mass is 9.49. The number of hydrogen-bond donors (Lipinski definition) is 2. The molecule has 3 N–H and O–H groups in total. The fourth-order valence-electron chi connectivity index (χ4n) is 11.3. The SMILES string of the molecule is CN(C)C(=O)c1cc2cnc(Nc3ccc(OCCN4CCCC4)c(F)c3)nc2n1C12CC(C1)C2.CN(C)C(=O)c1cc2cnc(S(C)=O)nc2n1C12CC(C1)C2.Nc1ccc(OCCN2CCCC2)c(F)c1. The number of hydrogen-bond acceptors (Lipinski definition) is 13. The van der Waals surface area contributed by atoms with Crippen LogP contribution < -0.4 is 20.5 Å². The molecule has 2 aromatic carbocycles. The summed E-state index contributed by atoms with van der Waals surface area (Å²) in [5, 5.41) is 5.11. The number of rotatable bonds is 15. The molecule has 4 aromatic heterocycles. The van der Waals surface area contributed by atoms with Gasteiger partial charge in [-0.1, -0.05) is 0 Å². The van der Waals surface area contributed by atoms with E-state index in [1.807, 2.05) is 12.1 Å². The number of nitrogens with zero attached hydrogens (tertiary/aromatic N) is 10. The van der Waals surface area contributed by atoms with Crippen molar-refractivity contribution in [3.63, 3.8) is 0 Å². The van der Waals surface area contributed by atoms with Crippen LogP contribution in [-0.4, -0.2) is 152 Å². The number of carbonyl (C=O) groups is 2. The maximum Gasteiger partial charge on any atom is 0.270 e. The zero-order valence-corrected chi connectivity index (χ0v) is 43.2. The Balaban J connectivity index is 0.000000137. The zero-order chi connectivity index (χ0) is 51.2. The zero-order valence-electron chi connectivity index (χ0n) is 42.4. The second-order valence-corrected chi connectivity index (χ2v) is 22.4. The van der Waals surface area contributed by atoms with E-state index in [1.54, 1.807) is 80.9 Å². The maximum absolute atomic E-state index is 14.7. The highest BCUT2D eigenvalue weighted by Gasteiger charge is 2.60. The Morgan fingerprint density at radius 1 is 0.699 bits per heavy atom. The van der Waals surface area contributed by atoms with E-state index in [4.69, 9.17) is 20.2 Å². The molecule has 6 aliphatic carbocycles. The van der Waals surface area contributed by atoms with Crippen LogP contribution >= 0.6 is 0 Å². The molecule has 388 valence electrons. The predicted octanol–water partition coefficient (Wildman–Crippen LogP) is 7.26. The molecular formula is C53H66F2N12O5S. The highest BCUT2D eigenvalue weighted by molar-refractivity contribution is 7.84. The fraction of sp³-hybridized carbons (Fsp3) is 0.509. The quantitative estimate of drug-likeness (QED) is 0.0776. The van der Waals surface area contributed by atoms with Crippen molar-refractivity contribution >= 4 is 62.0 Å². The number of aromatic nitrogens is 6. The molecule has 2 aliphatic heterocycles. The van der Waals surface area contributed by atoms with E-state index >= 15 is 0 Å². The first kappa shape index (κ1) is 50.3. The molecule has 73 heavy (non-hydrogen) atoms. The molecule has 2 saturated heterocycles. The van der Waals surface area contributed by atoms with Gasteiger partial charge in [0.1, 0.15) is 35.9 Å². The minimum absolute atomic E-state index is 0.0147. The van der Waals surface area contributed by atoms with Crippen molar-refractivity contribution in [2.24, 2.45) is 11.8 Å². The highest BCUT2D eigenvalue weighted by Crippen LogP contribution is 2.64. The Kier molecular flexibility index (Phi) is 14.2. The van der Waals surface area contributed by atoms with E-state index in [0.717, 1.165) is 112 Å². The van der Waals surface area contributed by atoms with E-state index in [-0.39, 0.29) is 40.2 Å². The van der Waals surface area contributed by atoms with Crippen LogP contribution in [0.1, 0.15) is 85.2 Å². The molecule has 8 fully saturated rings. The largest absolute Gasteiger partial charge is 0.489 e. The Bertz CT molecular complexity index is 3020. The third-order valence-corrected chi connectivity index (χ3v) is 16.1. The van der Waals surface area contributed by atoms with Gasteiger partial charge >= 0.3 is 0 Å². The van der Waals surface area contributed by atoms with Crippen molar-refractivity contribution in [1.29, 1.82) is 0 Å². The monoisotopic (exact) mass is 1020 g/mol. The van der Waals surface area contributed by atoms with E-state index in [2.05, 4.69) is 39.2 Å². The summed E-state index contributed by atoms with van der Waals surface area (Å²) in [5.41, 5.74) is 9.23. The molecule has 1 atom stereocenters. The highest BCUT2D eigenvalue weighted by atomic mass is 32.2. The minimum atomic E-state index is -1.23. The number of nitrogens with one attached hydrogen (secondary N) is 1. The standard InChI is InChI=1S/C26H31FN6O2.C15H18N4O2S.C12H17FN2O/c1-31(2)24(34)21-11-18-16-28-25(30-23(18)33(21)26-13-17(14-26)15-26)29-19-5-6-22(20(27)12-19)35-10-9-32-7-3-4-8-32;1-18(2)13(20)11-4-10-8-16-14(22(3)21)17-12(10)19(11)15-5-9(6-15)7-15;13-11-9-10(14)3-4-12(11)16-8-7-15-5-1-2-6-15/h5-6,11-12,16-17H,3-4,7-10,13-15H2,1-2H3,(H,28,29,30);4,8-9H,5-7H2,1-3H3;3-4,9H,1-2,5-8,14H2. The van der Waals surface area contributed by atoms with Crippen molar-refractivity contribution < 1.29 is 32.1 Å². The lowest BCUT2D eigenvalue weighted by molar-refractivity contribution is -0.0871. The predicted molar refractivity (Wildman–Crippen MR) is 277 cm³/mol. The molecule has 0 spiro atoms. The summed E-state index contributed by atoms with van der Waals surface area (Å²) >= 11 is 0. The van der Waals surface area contributed by atoms with Crippen LogP contribution in [0.3, 0.4) is 0 Å². The van der Waals surface area contributed by atoms with Crippen molar-refractivity contribution in [2.45, 2.75) is 80.4 Å². The molecular weight excluding hydrogens is 955 g/mol. The van der Waals surface area contributed by atoms with Crippen LogP contribution in [0.2, 0.25) is 0 Å². The molecule has 6 aromatic rings. The van der Waals surface area contributed by atoms with Gasteiger partial charge in [-0.15, -0.1) is 0 Å². The summed E-state index contributed by atoms with van der Waals surface area (Å²) in [7, 11) is 5.80. The summed E-state index contributed by atoms with van der Waals surface area (Å²) < 4.78 is 55.0. The van der Waals surface area contributed by atoms with Crippen LogP contribution in [0.4, 0.5) is 26.1 Å². The molecule has 4 bridgehead atoms. The molecule has 6 heterocycles. The molecule has 6 saturated carbocycles. The lowest BCUT2D eigenvalue weighted by Gasteiger charge is -2.62. The molecule has 8 aliphatic rings. The van der Waals surface area contributed by atoms with Gasteiger partial charge in [0.05, 0.1) is 10.8 Å². The smallest absolute Gasteiger partial charge is 0.270 e. The van der Waals surface area contributed by atoms with Gasteiger partial charge in [0.15, 0.2) is 23.1 Å². The first-order chi connectivity index (χ1) is 35.1. The van der Waals surface area contributed by atoms with E-state index in [9.17, 15) is 22.6 Å². The Labute approximate surface area is 426 Å². The van der Waals surface area contributed by atoms with Gasteiger partial charge in [-0.25, -0.2) is 23.7 Å². The average Bonchev–Trinajstić information content (AvgIpc) is 4.14. The van der Waals surface area contributed by atoms with Crippen molar-refractivity contribution in [3.05, 3.63) is 83.9 Å². The second kappa shape index (κ2) is 20.6. The third-order valence-electron chi connectivity index (χ3n) is 15.4. The Morgan fingerprint density at radius 2 is 1.16 bits per heavy atom. The number of amides is 2. The van der Waals surface area contributed by atoms with Gasteiger partial charge in [-0.05, 0) is 139 Å². The van der Waals surface area contributed by atoms with Gasteiger partial charge in [0.2, 0.25) is 11.1 Å². The van der Waals surface area contributed by atoms with E-state index in [1.165, 1.54) is 37.8 Å². The Hall–Kier alpha value is -6.25. The second-order valence-electron chi connectivity index (χ2n) is 21.1. The average molecular weight is 1020 g/mol. The number of halogens is 2. The molecule has 17 nitrogen and oxygen atoms in total. The molecule has 20 heteroatoms. The number of benzene rings is 2. The van der Waals surface area contributed by atoms with Crippen LogP contribution in [0.5, 0.6) is 11.5 Å². The molecule has 2 amide bonds. The normalized spacial score (nSPS) is 22.9. The van der Waals surface area contributed by atoms with Crippen LogP contribution in [0.15, 0.2) is 66.1 Å². The molecule has 1 unspecified atom stereocenters. The van der Waals surface area contributed by atoms with Gasteiger partial charge < -0.3 is 39.5 Å². The number of likely N-dealkylation sites (tertiary alicyclic amines) is 2. The third kappa shape index (κ3) is 10.2. The van der Waals surface area contributed by atoms with E-state index in [0.29, 0.717) is 47.1 Å². The van der Waals surface area contributed by atoms with Gasteiger partial charge in [-0.2, -0.15) is 4.98 Å². The summed E-state index contributed by atoms with van der Waals surface area (Å²) in [4.78, 5) is 51.2. The molecule has 14 rings (SSSR count). The van der Waals surface area contributed by atoms with Crippen LogP contribution in [0, 0.1) is 23.5 Å². The number of nitrogens with two attached hydrogens (primary N) is 1. The van der Waals surface area contributed by atoms with Crippen molar-refractivity contribution in [2.75, 3.05) is 98.0 Å². The lowest BCUT2D eigenvalue weighted by Crippen LogP contribution is -2.60. The first-order valence-corrected chi connectivity index (χ1v) is 27.0. The van der Waals surface area contributed by atoms with E-state index < -0.39 is 16.6 Å². The first-order valence-electron chi connectivity index (χ1n) is 25.5. The van der Waals surface area contributed by atoms with Gasteiger partial charge in [0, 0.05) is 105 Å². The summed E-state index contributed by atoms with van der Waals surface area (Å²) in [6.07, 6.45) is 16.5. The topological polar surface area (TPSA) is 182 Å². The fourth-order valence-corrected chi connectivity index (χ4v) is 11.8. The number of ether oxygens (including phenoxy) is 2. The van der Waals surface area contributed by atoms with Crippen molar-refractivity contribution in [3.8, 4) is 11.5 Å². The number of nitrogen functional groups attached to an aromatic ring is 1. The summed E-state index contributed by atoms with van der Waals surface area (Å²) in [5.74, 6) is 1.58. The molecule has 0 radical (unpaired) electrons. The van der Waals surface area contributed by atoms with Crippen molar-refractivity contribution in [1.82, 2.24) is 48.7 Å². The van der Waals surface area contributed by atoms with Gasteiger partial charge in [-0.3, -0.25) is 23.6 Å².